The summed E-state index contributed by atoms with van der Waals surface area (Å²) in [6, 6.07) is 8.10. The number of rotatable bonds is 6. The number of aryl methyl sites for hydroxylation is 3. The Morgan fingerprint density at radius 3 is 2.65 bits per heavy atom. The van der Waals surface area contributed by atoms with Gasteiger partial charge in [-0.15, -0.1) is 5.10 Å². The van der Waals surface area contributed by atoms with Gasteiger partial charge in [-0.2, -0.15) is 5.10 Å². The zero-order valence-corrected chi connectivity index (χ0v) is 15.7. The predicted molar refractivity (Wildman–Crippen MR) is 98.8 cm³/mol. The fourth-order valence-corrected chi connectivity index (χ4v) is 3.00. The molecule has 0 aliphatic carbocycles. The molecule has 7 heteroatoms. The first-order valence-corrected chi connectivity index (χ1v) is 8.75. The molecule has 0 aliphatic rings. The molecule has 0 spiro atoms. The first kappa shape index (κ1) is 17.8. The molecule has 0 bridgehead atoms. The molecule has 2 heterocycles. The number of aromatic nitrogens is 5. The van der Waals surface area contributed by atoms with Crippen molar-refractivity contribution in [3.63, 3.8) is 0 Å². The van der Waals surface area contributed by atoms with Crippen molar-refractivity contribution in [2.24, 2.45) is 0 Å². The van der Waals surface area contributed by atoms with E-state index in [1.54, 1.807) is 10.9 Å². The standard InChI is InChI=1S/C19H24N6O/c1-5-25-15(4)17(14(3)22-25)10-20-19(26)18-12-24(23-21-18)11-16-9-7-6-8-13(16)2/h6-9,12H,5,10-11H2,1-4H3,(H,20,26). The van der Waals surface area contributed by atoms with Crippen molar-refractivity contribution in [1.29, 1.82) is 0 Å². The molecule has 0 radical (unpaired) electrons. The van der Waals surface area contributed by atoms with Crippen molar-refractivity contribution in [2.45, 2.75) is 47.3 Å². The SMILES string of the molecule is CCn1nc(C)c(CNC(=O)c2cn(Cc3ccccc3C)nn2)c1C. The minimum absolute atomic E-state index is 0.232. The topological polar surface area (TPSA) is 77.6 Å². The number of carbonyl (C=O) groups excluding carboxylic acids is 1. The number of hydrogen-bond acceptors (Lipinski definition) is 4. The molecular formula is C19H24N6O. The van der Waals surface area contributed by atoms with Gasteiger partial charge in [-0.05, 0) is 38.8 Å². The Morgan fingerprint density at radius 1 is 1.19 bits per heavy atom. The average Bonchev–Trinajstić information content (AvgIpc) is 3.20. The zero-order valence-electron chi connectivity index (χ0n) is 15.7. The summed E-state index contributed by atoms with van der Waals surface area (Å²) < 4.78 is 3.62. The highest BCUT2D eigenvalue weighted by Crippen LogP contribution is 2.13. The van der Waals surface area contributed by atoms with Gasteiger partial charge in [-0.3, -0.25) is 9.48 Å². The Balaban J connectivity index is 1.65. The van der Waals surface area contributed by atoms with E-state index in [9.17, 15) is 4.79 Å². The van der Waals surface area contributed by atoms with Gasteiger partial charge >= 0.3 is 0 Å². The molecule has 7 nitrogen and oxygen atoms in total. The summed E-state index contributed by atoms with van der Waals surface area (Å²) in [5, 5.41) is 15.5. The van der Waals surface area contributed by atoms with Crippen LogP contribution in [0.4, 0.5) is 0 Å². The number of nitrogens with zero attached hydrogens (tertiary/aromatic N) is 5. The Kier molecular flexibility index (Phi) is 5.16. The highest BCUT2D eigenvalue weighted by Gasteiger charge is 2.15. The fraction of sp³-hybridized carbons (Fsp3) is 0.368. The minimum atomic E-state index is -0.232. The van der Waals surface area contributed by atoms with Crippen LogP contribution in [0.15, 0.2) is 30.5 Å². The van der Waals surface area contributed by atoms with Gasteiger partial charge in [0.2, 0.25) is 0 Å². The lowest BCUT2D eigenvalue weighted by atomic mass is 10.1. The van der Waals surface area contributed by atoms with E-state index in [2.05, 4.69) is 40.6 Å². The maximum atomic E-state index is 12.4. The van der Waals surface area contributed by atoms with Crippen molar-refractivity contribution in [3.05, 3.63) is 64.2 Å². The lowest BCUT2D eigenvalue weighted by Crippen LogP contribution is -2.23. The van der Waals surface area contributed by atoms with Crippen LogP contribution in [0.1, 0.15) is 45.5 Å². The highest BCUT2D eigenvalue weighted by molar-refractivity contribution is 5.91. The lowest BCUT2D eigenvalue weighted by Gasteiger charge is -2.05. The number of benzene rings is 1. The fourth-order valence-electron chi connectivity index (χ4n) is 3.00. The zero-order chi connectivity index (χ0) is 18.7. The van der Waals surface area contributed by atoms with E-state index in [1.807, 2.05) is 36.7 Å². The summed E-state index contributed by atoms with van der Waals surface area (Å²) in [7, 11) is 0. The molecule has 136 valence electrons. The van der Waals surface area contributed by atoms with Gasteiger partial charge in [-0.25, -0.2) is 4.68 Å². The van der Waals surface area contributed by atoms with E-state index in [0.29, 0.717) is 18.8 Å². The van der Waals surface area contributed by atoms with Crippen LogP contribution in [0.25, 0.3) is 0 Å². The molecule has 1 amide bonds. The molecule has 0 fully saturated rings. The van der Waals surface area contributed by atoms with Crippen LogP contribution in [0.3, 0.4) is 0 Å². The lowest BCUT2D eigenvalue weighted by molar-refractivity contribution is 0.0945. The van der Waals surface area contributed by atoms with E-state index < -0.39 is 0 Å². The summed E-state index contributed by atoms with van der Waals surface area (Å²) in [6.45, 7) is 9.92. The molecular weight excluding hydrogens is 328 g/mol. The summed E-state index contributed by atoms with van der Waals surface area (Å²) in [4.78, 5) is 12.4. The molecule has 0 atom stereocenters. The average molecular weight is 352 g/mol. The van der Waals surface area contributed by atoms with E-state index >= 15 is 0 Å². The monoisotopic (exact) mass is 352 g/mol. The van der Waals surface area contributed by atoms with Gasteiger partial charge < -0.3 is 5.32 Å². The quantitative estimate of drug-likeness (QED) is 0.739. The molecule has 2 aromatic heterocycles. The van der Waals surface area contributed by atoms with Gasteiger partial charge in [0.15, 0.2) is 5.69 Å². The molecule has 0 saturated carbocycles. The molecule has 1 aromatic carbocycles. The van der Waals surface area contributed by atoms with Crippen LogP contribution >= 0.6 is 0 Å². The normalized spacial score (nSPS) is 10.9. The maximum Gasteiger partial charge on any atom is 0.273 e. The molecule has 3 rings (SSSR count). The highest BCUT2D eigenvalue weighted by atomic mass is 16.2. The number of nitrogens with one attached hydrogen (secondary N) is 1. The summed E-state index contributed by atoms with van der Waals surface area (Å²) in [6.07, 6.45) is 1.68. The van der Waals surface area contributed by atoms with Crippen molar-refractivity contribution < 1.29 is 4.79 Å². The molecule has 0 saturated heterocycles. The Morgan fingerprint density at radius 2 is 1.96 bits per heavy atom. The molecule has 3 aromatic rings. The molecule has 0 unspecified atom stereocenters. The molecule has 0 aliphatic heterocycles. The van der Waals surface area contributed by atoms with E-state index in [-0.39, 0.29) is 5.91 Å². The Bertz CT molecular complexity index is 924. The van der Waals surface area contributed by atoms with E-state index in [0.717, 1.165) is 29.1 Å². The maximum absolute atomic E-state index is 12.4. The molecule has 26 heavy (non-hydrogen) atoms. The number of carbonyl (C=O) groups is 1. The van der Waals surface area contributed by atoms with Gasteiger partial charge in [0.1, 0.15) is 0 Å². The van der Waals surface area contributed by atoms with Crippen LogP contribution in [0.2, 0.25) is 0 Å². The Hall–Kier alpha value is -2.96. The summed E-state index contributed by atoms with van der Waals surface area (Å²) in [5.41, 5.74) is 5.72. The van der Waals surface area contributed by atoms with Crippen LogP contribution in [0, 0.1) is 20.8 Å². The Labute approximate surface area is 153 Å². The largest absolute Gasteiger partial charge is 0.346 e. The third-order valence-corrected chi connectivity index (χ3v) is 4.62. The van der Waals surface area contributed by atoms with Crippen molar-refractivity contribution >= 4 is 5.91 Å². The van der Waals surface area contributed by atoms with Crippen LogP contribution in [-0.2, 0) is 19.6 Å². The van der Waals surface area contributed by atoms with Crippen LogP contribution in [-0.4, -0.2) is 30.7 Å². The predicted octanol–water partition coefficient (Wildman–Crippen LogP) is 2.40. The summed E-state index contributed by atoms with van der Waals surface area (Å²) >= 11 is 0. The smallest absolute Gasteiger partial charge is 0.273 e. The van der Waals surface area contributed by atoms with Crippen molar-refractivity contribution in [1.82, 2.24) is 30.1 Å². The van der Waals surface area contributed by atoms with Crippen LogP contribution in [0.5, 0.6) is 0 Å². The van der Waals surface area contributed by atoms with Crippen LogP contribution < -0.4 is 5.32 Å². The first-order valence-electron chi connectivity index (χ1n) is 8.75. The van der Waals surface area contributed by atoms with E-state index in [1.165, 1.54) is 5.56 Å². The van der Waals surface area contributed by atoms with Crippen molar-refractivity contribution in [3.8, 4) is 0 Å². The van der Waals surface area contributed by atoms with E-state index in [4.69, 9.17) is 0 Å². The second-order valence-corrected chi connectivity index (χ2v) is 6.38. The van der Waals surface area contributed by atoms with Gasteiger partial charge in [0.25, 0.3) is 5.91 Å². The third-order valence-electron chi connectivity index (χ3n) is 4.62. The van der Waals surface area contributed by atoms with Gasteiger partial charge in [0.05, 0.1) is 18.4 Å². The second kappa shape index (κ2) is 7.51. The number of amides is 1. The first-order chi connectivity index (χ1) is 12.5. The molecule has 1 N–H and O–H groups in total. The minimum Gasteiger partial charge on any atom is -0.346 e. The second-order valence-electron chi connectivity index (χ2n) is 6.38. The van der Waals surface area contributed by atoms with Gasteiger partial charge in [0, 0.05) is 24.3 Å². The summed E-state index contributed by atoms with van der Waals surface area (Å²) in [5.74, 6) is -0.232. The third kappa shape index (κ3) is 3.66. The number of hydrogen-bond donors (Lipinski definition) is 1. The van der Waals surface area contributed by atoms with Crippen molar-refractivity contribution in [2.75, 3.05) is 0 Å². The van der Waals surface area contributed by atoms with Gasteiger partial charge in [-0.1, -0.05) is 29.5 Å².